The monoisotopic (exact) mass is 410 g/mol. The molecule has 2 aromatic carbocycles. The summed E-state index contributed by atoms with van der Waals surface area (Å²) in [5.74, 6) is -0.662. The summed E-state index contributed by atoms with van der Waals surface area (Å²) in [7, 11) is 1.70. The summed E-state index contributed by atoms with van der Waals surface area (Å²) in [6, 6.07) is 11.9. The number of carbonyl (C=O) groups is 3. The highest BCUT2D eigenvalue weighted by Crippen LogP contribution is 2.24. The Kier molecular flexibility index (Phi) is 7.05. The number of rotatable bonds is 6. The number of nitrogens with one attached hydrogen (secondary N) is 3. The van der Waals surface area contributed by atoms with Crippen molar-refractivity contribution in [3.8, 4) is 0 Å². The van der Waals surface area contributed by atoms with Crippen molar-refractivity contribution in [1.82, 2.24) is 15.5 Å². The van der Waals surface area contributed by atoms with Gasteiger partial charge in [-0.1, -0.05) is 36.4 Å². The van der Waals surface area contributed by atoms with Gasteiger partial charge in [-0.25, -0.2) is 0 Å². The molecule has 30 heavy (non-hydrogen) atoms. The average molecular weight is 411 g/mol. The molecule has 0 radical (unpaired) electrons. The van der Waals surface area contributed by atoms with E-state index in [1.165, 1.54) is 0 Å². The first kappa shape index (κ1) is 21.8. The molecule has 1 aliphatic rings. The Hall–Kier alpha value is -2.93. The van der Waals surface area contributed by atoms with Gasteiger partial charge in [-0.15, -0.1) is 0 Å². The Labute approximate surface area is 177 Å². The van der Waals surface area contributed by atoms with E-state index in [0.29, 0.717) is 13.0 Å². The summed E-state index contributed by atoms with van der Waals surface area (Å²) in [5.41, 5.74) is 0.722. The normalized spacial score (nSPS) is 19.1. The largest absolute Gasteiger partial charge is 0.343 e. The van der Waals surface area contributed by atoms with E-state index in [1.807, 2.05) is 42.5 Å². The molecule has 3 N–H and O–H groups in total. The van der Waals surface area contributed by atoms with Gasteiger partial charge in [0.1, 0.15) is 12.1 Å². The first-order valence-corrected chi connectivity index (χ1v) is 10.5. The van der Waals surface area contributed by atoms with E-state index < -0.39 is 12.1 Å². The highest BCUT2D eigenvalue weighted by molar-refractivity contribution is 6.04. The second-order valence-electron chi connectivity index (χ2n) is 7.79. The van der Waals surface area contributed by atoms with Crippen LogP contribution in [0.15, 0.2) is 42.5 Å². The van der Waals surface area contributed by atoms with Crippen molar-refractivity contribution < 1.29 is 14.4 Å². The van der Waals surface area contributed by atoms with Gasteiger partial charge in [-0.2, -0.15) is 0 Å². The van der Waals surface area contributed by atoms with E-state index in [4.69, 9.17) is 0 Å². The number of fused-ring (bicyclic) bond motifs is 1. The lowest BCUT2D eigenvalue weighted by Crippen LogP contribution is -2.55. The van der Waals surface area contributed by atoms with Crippen LogP contribution in [0.3, 0.4) is 0 Å². The molecule has 1 aliphatic heterocycles. The molecule has 3 rings (SSSR count). The Morgan fingerprint density at radius 3 is 2.53 bits per heavy atom. The van der Waals surface area contributed by atoms with Crippen LogP contribution in [0.4, 0.5) is 5.69 Å². The minimum Gasteiger partial charge on any atom is -0.343 e. The molecule has 1 fully saturated rings. The van der Waals surface area contributed by atoms with Gasteiger partial charge in [0.2, 0.25) is 17.7 Å². The van der Waals surface area contributed by atoms with Gasteiger partial charge in [-0.3, -0.25) is 14.4 Å². The maximum atomic E-state index is 13.1. The number of benzene rings is 2. The van der Waals surface area contributed by atoms with Crippen molar-refractivity contribution in [2.24, 2.45) is 0 Å². The Morgan fingerprint density at radius 2 is 1.77 bits per heavy atom. The first-order valence-electron chi connectivity index (χ1n) is 10.5. The van der Waals surface area contributed by atoms with Crippen molar-refractivity contribution >= 4 is 34.2 Å². The van der Waals surface area contributed by atoms with Crippen molar-refractivity contribution in [3.63, 3.8) is 0 Å². The van der Waals surface area contributed by atoms with E-state index in [1.54, 1.807) is 25.8 Å². The molecular weight excluding hydrogens is 380 g/mol. The predicted molar refractivity (Wildman–Crippen MR) is 118 cm³/mol. The van der Waals surface area contributed by atoms with E-state index in [2.05, 4.69) is 16.0 Å². The summed E-state index contributed by atoms with van der Waals surface area (Å²) in [6.45, 7) is 3.98. The molecule has 0 aromatic heterocycles. The minimum atomic E-state index is -0.643. The van der Waals surface area contributed by atoms with Crippen molar-refractivity contribution in [2.75, 3.05) is 18.9 Å². The summed E-state index contributed by atoms with van der Waals surface area (Å²) >= 11 is 0. The van der Waals surface area contributed by atoms with Crippen LogP contribution in [0, 0.1) is 0 Å². The topological polar surface area (TPSA) is 90.5 Å². The fourth-order valence-corrected chi connectivity index (χ4v) is 3.72. The molecule has 0 saturated carbocycles. The number of likely N-dealkylation sites (tertiary alicyclic amines) is 1. The zero-order chi connectivity index (χ0) is 21.7. The van der Waals surface area contributed by atoms with E-state index in [0.717, 1.165) is 29.3 Å². The van der Waals surface area contributed by atoms with Gasteiger partial charge < -0.3 is 20.9 Å². The number of nitrogens with zero attached hydrogens (tertiary/aromatic N) is 1. The lowest BCUT2D eigenvalue weighted by Gasteiger charge is -2.30. The molecule has 7 nitrogen and oxygen atoms in total. The van der Waals surface area contributed by atoms with Crippen molar-refractivity contribution in [3.05, 3.63) is 42.5 Å². The molecule has 0 bridgehead atoms. The molecular formula is C23H30N4O3. The number of amides is 3. The molecule has 3 atom stereocenters. The van der Waals surface area contributed by atoms with Gasteiger partial charge in [0.15, 0.2) is 0 Å². The summed E-state index contributed by atoms with van der Waals surface area (Å²) in [6.07, 6.45) is 2.19. The van der Waals surface area contributed by atoms with E-state index >= 15 is 0 Å². The number of hydrogen-bond donors (Lipinski definition) is 3. The lowest BCUT2D eigenvalue weighted by atomic mass is 10.1. The van der Waals surface area contributed by atoms with E-state index in [-0.39, 0.29) is 23.8 Å². The van der Waals surface area contributed by atoms with Crippen LogP contribution in [0.25, 0.3) is 10.8 Å². The molecule has 1 heterocycles. The van der Waals surface area contributed by atoms with E-state index in [9.17, 15) is 14.4 Å². The molecule has 7 heteroatoms. The highest BCUT2D eigenvalue weighted by atomic mass is 16.2. The maximum Gasteiger partial charge on any atom is 0.246 e. The third-order valence-corrected chi connectivity index (χ3v) is 5.76. The second kappa shape index (κ2) is 9.71. The summed E-state index contributed by atoms with van der Waals surface area (Å²) < 4.78 is 0. The van der Waals surface area contributed by atoms with Crippen molar-refractivity contribution in [1.29, 1.82) is 0 Å². The number of likely N-dealkylation sites (N-methyl/N-ethyl adjacent to an activating group) is 1. The van der Waals surface area contributed by atoms with Crippen LogP contribution in [-0.2, 0) is 14.4 Å². The molecule has 3 amide bonds. The van der Waals surface area contributed by atoms with Gasteiger partial charge in [-0.05, 0) is 51.6 Å². The fourth-order valence-electron chi connectivity index (χ4n) is 3.72. The molecule has 2 aromatic rings. The van der Waals surface area contributed by atoms with Crippen molar-refractivity contribution in [2.45, 2.75) is 51.2 Å². The van der Waals surface area contributed by atoms with Crippen LogP contribution >= 0.6 is 0 Å². The summed E-state index contributed by atoms with van der Waals surface area (Å²) in [5, 5.41) is 10.7. The predicted octanol–water partition coefficient (Wildman–Crippen LogP) is 2.27. The maximum absolute atomic E-state index is 13.1. The summed E-state index contributed by atoms with van der Waals surface area (Å²) in [4.78, 5) is 39.9. The van der Waals surface area contributed by atoms with Crippen LogP contribution in [0.2, 0.25) is 0 Å². The van der Waals surface area contributed by atoms with Crippen LogP contribution in [0.1, 0.15) is 33.1 Å². The molecule has 0 unspecified atom stereocenters. The molecule has 1 saturated heterocycles. The second-order valence-corrected chi connectivity index (χ2v) is 7.79. The third kappa shape index (κ3) is 4.79. The number of carbonyl (C=O) groups excluding carboxylic acids is 3. The average Bonchev–Trinajstić information content (AvgIpc) is 2.94. The zero-order valence-corrected chi connectivity index (χ0v) is 17.8. The van der Waals surface area contributed by atoms with Crippen LogP contribution in [-0.4, -0.2) is 54.3 Å². The third-order valence-electron chi connectivity index (χ3n) is 5.76. The fraction of sp³-hybridized carbons (Fsp3) is 0.435. The minimum absolute atomic E-state index is 0.204. The Morgan fingerprint density at radius 1 is 1.03 bits per heavy atom. The van der Waals surface area contributed by atoms with Gasteiger partial charge in [0, 0.05) is 17.6 Å². The number of anilines is 1. The number of hydrogen-bond acceptors (Lipinski definition) is 4. The Bertz CT molecular complexity index is 924. The van der Waals surface area contributed by atoms with Gasteiger partial charge in [0.05, 0.1) is 6.04 Å². The first-order chi connectivity index (χ1) is 14.4. The quantitative estimate of drug-likeness (QED) is 0.681. The molecule has 0 spiro atoms. The highest BCUT2D eigenvalue weighted by Gasteiger charge is 2.34. The molecule has 0 aliphatic carbocycles. The SMILES string of the molecule is CN[C@@H](C)C(=O)N[C@H]1CCCCN([C@H](C)C(=O)Nc2cccc3ccccc23)C1=O. The van der Waals surface area contributed by atoms with Gasteiger partial charge >= 0.3 is 0 Å². The van der Waals surface area contributed by atoms with Gasteiger partial charge in [0.25, 0.3) is 0 Å². The smallest absolute Gasteiger partial charge is 0.246 e. The van der Waals surface area contributed by atoms with Crippen LogP contribution in [0.5, 0.6) is 0 Å². The molecule has 160 valence electrons. The zero-order valence-electron chi connectivity index (χ0n) is 17.8. The Balaban J connectivity index is 1.73. The lowest BCUT2D eigenvalue weighted by molar-refractivity contribution is -0.141. The van der Waals surface area contributed by atoms with Crippen LogP contribution < -0.4 is 16.0 Å². The standard InChI is InChI=1S/C23H30N4O3/c1-15(24-3)21(28)26-20-12-6-7-14-27(23(20)30)16(2)22(29)25-19-13-8-10-17-9-4-5-11-18(17)19/h4-5,8-11,13,15-16,20,24H,6-7,12,14H2,1-3H3,(H,25,29)(H,26,28)/t15-,16+,20-/m0/s1.